The third-order valence-electron chi connectivity index (χ3n) is 2.96. The number of anilines is 3. The number of nitrogens with zero attached hydrogens (tertiary/aromatic N) is 2. The molecular formula is C13H22N4O. The monoisotopic (exact) mass is 250 g/mol. The summed E-state index contributed by atoms with van der Waals surface area (Å²) in [6.45, 7) is 9.91. The number of nitrogens with two attached hydrogens (primary N) is 2. The van der Waals surface area contributed by atoms with Gasteiger partial charge in [0.05, 0.1) is 16.9 Å². The number of ether oxygens (including phenoxy) is 1. The summed E-state index contributed by atoms with van der Waals surface area (Å²) < 4.78 is 6.04. The highest BCUT2D eigenvalue weighted by atomic mass is 16.5. The Hall–Kier alpha value is -1.49. The molecule has 0 spiro atoms. The lowest BCUT2D eigenvalue weighted by molar-refractivity contribution is -0.133. The van der Waals surface area contributed by atoms with Gasteiger partial charge in [0, 0.05) is 13.1 Å². The second kappa shape index (κ2) is 4.02. The van der Waals surface area contributed by atoms with Crippen molar-refractivity contribution in [2.45, 2.75) is 38.9 Å². The average Bonchev–Trinajstić information content (AvgIpc) is 2.17. The first kappa shape index (κ1) is 13.0. The highest BCUT2D eigenvalue weighted by molar-refractivity contribution is 5.62. The number of aromatic nitrogens is 1. The zero-order chi connectivity index (χ0) is 13.6. The predicted molar refractivity (Wildman–Crippen MR) is 74.5 cm³/mol. The Kier molecular flexibility index (Phi) is 2.89. The van der Waals surface area contributed by atoms with Crippen LogP contribution >= 0.6 is 0 Å². The molecule has 0 aromatic carbocycles. The molecule has 1 aromatic rings. The maximum absolute atomic E-state index is 6.04. The molecular weight excluding hydrogens is 228 g/mol. The van der Waals surface area contributed by atoms with Gasteiger partial charge in [0.2, 0.25) is 0 Å². The molecule has 1 aliphatic heterocycles. The second-order valence-corrected chi connectivity index (χ2v) is 6.12. The van der Waals surface area contributed by atoms with Crippen LogP contribution in [-0.4, -0.2) is 29.3 Å². The highest BCUT2D eigenvalue weighted by Gasteiger charge is 2.38. The van der Waals surface area contributed by atoms with Gasteiger partial charge in [-0.3, -0.25) is 0 Å². The highest BCUT2D eigenvalue weighted by Crippen LogP contribution is 2.31. The third-order valence-corrected chi connectivity index (χ3v) is 2.96. The molecule has 0 bridgehead atoms. The van der Waals surface area contributed by atoms with Crippen LogP contribution in [0.3, 0.4) is 0 Å². The Balaban J connectivity index is 2.29. The first-order valence-corrected chi connectivity index (χ1v) is 6.16. The van der Waals surface area contributed by atoms with Crippen LogP contribution in [0.2, 0.25) is 0 Å². The van der Waals surface area contributed by atoms with E-state index in [1.807, 2.05) is 6.07 Å². The van der Waals surface area contributed by atoms with Gasteiger partial charge in [0.1, 0.15) is 11.6 Å². The fraction of sp³-hybridized carbons (Fsp3) is 0.615. The fourth-order valence-electron chi connectivity index (χ4n) is 2.60. The number of hydrogen-bond acceptors (Lipinski definition) is 5. The molecule has 100 valence electrons. The molecule has 1 aliphatic rings. The summed E-state index contributed by atoms with van der Waals surface area (Å²) in [5.41, 5.74) is 11.6. The van der Waals surface area contributed by atoms with Crippen molar-refractivity contribution in [3.63, 3.8) is 0 Å². The molecule has 2 heterocycles. The topological polar surface area (TPSA) is 77.4 Å². The van der Waals surface area contributed by atoms with E-state index < -0.39 is 0 Å². The molecule has 5 nitrogen and oxygen atoms in total. The lowest BCUT2D eigenvalue weighted by Crippen LogP contribution is -2.57. The first-order chi connectivity index (χ1) is 8.19. The van der Waals surface area contributed by atoms with Gasteiger partial charge in [-0.05, 0) is 39.8 Å². The van der Waals surface area contributed by atoms with E-state index in [2.05, 4.69) is 37.6 Å². The van der Waals surface area contributed by atoms with E-state index in [4.69, 9.17) is 16.2 Å². The van der Waals surface area contributed by atoms with E-state index in [1.165, 1.54) is 0 Å². The van der Waals surface area contributed by atoms with Gasteiger partial charge in [-0.2, -0.15) is 0 Å². The Labute approximate surface area is 108 Å². The van der Waals surface area contributed by atoms with Crippen LogP contribution in [0.5, 0.6) is 0 Å². The molecule has 1 saturated heterocycles. The van der Waals surface area contributed by atoms with E-state index in [1.54, 1.807) is 6.07 Å². The maximum Gasteiger partial charge on any atom is 0.149 e. The van der Waals surface area contributed by atoms with Crippen molar-refractivity contribution in [1.29, 1.82) is 0 Å². The molecule has 0 amide bonds. The average molecular weight is 250 g/mol. The van der Waals surface area contributed by atoms with Crippen molar-refractivity contribution in [2.75, 3.05) is 29.5 Å². The second-order valence-electron chi connectivity index (χ2n) is 6.12. The van der Waals surface area contributed by atoms with Gasteiger partial charge in [-0.25, -0.2) is 4.98 Å². The minimum atomic E-state index is -0.209. The fourth-order valence-corrected chi connectivity index (χ4v) is 2.60. The largest absolute Gasteiger partial charge is 0.396 e. The Morgan fingerprint density at radius 1 is 1.11 bits per heavy atom. The smallest absolute Gasteiger partial charge is 0.149 e. The van der Waals surface area contributed by atoms with E-state index in [0.29, 0.717) is 11.5 Å². The molecule has 0 unspecified atom stereocenters. The quantitative estimate of drug-likeness (QED) is 0.792. The van der Waals surface area contributed by atoms with Crippen LogP contribution < -0.4 is 16.4 Å². The van der Waals surface area contributed by atoms with Crippen molar-refractivity contribution in [1.82, 2.24) is 4.98 Å². The Morgan fingerprint density at radius 2 is 1.67 bits per heavy atom. The molecule has 0 saturated carbocycles. The number of hydrogen-bond donors (Lipinski definition) is 2. The van der Waals surface area contributed by atoms with Gasteiger partial charge in [-0.15, -0.1) is 0 Å². The molecule has 2 rings (SSSR count). The summed E-state index contributed by atoms with van der Waals surface area (Å²) in [6, 6.07) is 3.70. The molecule has 0 radical (unpaired) electrons. The first-order valence-electron chi connectivity index (χ1n) is 6.16. The summed E-state index contributed by atoms with van der Waals surface area (Å²) in [7, 11) is 0. The van der Waals surface area contributed by atoms with E-state index >= 15 is 0 Å². The van der Waals surface area contributed by atoms with Gasteiger partial charge in [-0.1, -0.05) is 0 Å². The molecule has 0 atom stereocenters. The van der Waals surface area contributed by atoms with Crippen LogP contribution in [0.25, 0.3) is 0 Å². The summed E-state index contributed by atoms with van der Waals surface area (Å²) in [4.78, 5) is 6.54. The lowest BCUT2D eigenvalue weighted by atomic mass is 9.99. The van der Waals surface area contributed by atoms with E-state index in [0.717, 1.165) is 18.9 Å². The van der Waals surface area contributed by atoms with Crippen molar-refractivity contribution < 1.29 is 4.74 Å². The van der Waals surface area contributed by atoms with Crippen molar-refractivity contribution >= 4 is 17.3 Å². The number of pyridine rings is 1. The normalized spacial score (nSPS) is 21.9. The van der Waals surface area contributed by atoms with Crippen LogP contribution in [0.1, 0.15) is 27.7 Å². The lowest BCUT2D eigenvalue weighted by Gasteiger charge is -2.47. The number of rotatable bonds is 1. The molecule has 5 heteroatoms. The van der Waals surface area contributed by atoms with Crippen LogP contribution in [0, 0.1) is 0 Å². The van der Waals surface area contributed by atoms with E-state index in [9.17, 15) is 0 Å². The molecule has 4 N–H and O–H groups in total. The number of morpholine rings is 1. The third kappa shape index (κ3) is 2.67. The minimum Gasteiger partial charge on any atom is -0.396 e. The SMILES string of the molecule is CC1(C)CN(c2ccc(N)c(N)n2)CC(C)(C)O1. The van der Waals surface area contributed by atoms with Crippen molar-refractivity contribution in [3.8, 4) is 0 Å². The molecule has 1 fully saturated rings. The van der Waals surface area contributed by atoms with Crippen LogP contribution in [-0.2, 0) is 4.74 Å². The maximum atomic E-state index is 6.04. The molecule has 0 aliphatic carbocycles. The predicted octanol–water partition coefficient (Wildman–Crippen LogP) is 1.64. The Morgan fingerprint density at radius 3 is 2.17 bits per heavy atom. The molecule has 1 aromatic heterocycles. The van der Waals surface area contributed by atoms with Crippen LogP contribution in [0.15, 0.2) is 12.1 Å². The van der Waals surface area contributed by atoms with Gasteiger partial charge in [0.25, 0.3) is 0 Å². The Bertz CT molecular complexity index is 440. The van der Waals surface area contributed by atoms with Crippen LogP contribution in [0.4, 0.5) is 17.3 Å². The summed E-state index contributed by atoms with van der Waals surface area (Å²) >= 11 is 0. The standard InChI is InChI=1S/C13H22N4O/c1-12(2)7-17(8-13(3,4)18-12)10-6-5-9(14)11(15)16-10/h5-6H,7-8,14H2,1-4H3,(H2,15,16). The number of nitrogen functional groups attached to an aromatic ring is 2. The van der Waals surface area contributed by atoms with Gasteiger partial charge >= 0.3 is 0 Å². The zero-order valence-corrected chi connectivity index (χ0v) is 11.5. The van der Waals surface area contributed by atoms with Gasteiger partial charge in [0.15, 0.2) is 0 Å². The van der Waals surface area contributed by atoms with Crippen molar-refractivity contribution in [2.24, 2.45) is 0 Å². The summed E-state index contributed by atoms with van der Waals surface area (Å²) in [5.74, 6) is 1.24. The van der Waals surface area contributed by atoms with Gasteiger partial charge < -0.3 is 21.1 Å². The molecule has 18 heavy (non-hydrogen) atoms. The summed E-state index contributed by atoms with van der Waals surface area (Å²) in [5, 5.41) is 0. The summed E-state index contributed by atoms with van der Waals surface area (Å²) in [6.07, 6.45) is 0. The van der Waals surface area contributed by atoms with E-state index in [-0.39, 0.29) is 11.2 Å². The minimum absolute atomic E-state index is 0.209. The van der Waals surface area contributed by atoms with Crippen molar-refractivity contribution in [3.05, 3.63) is 12.1 Å². The zero-order valence-electron chi connectivity index (χ0n) is 11.5.